The molecule has 4 heteroatoms. The Morgan fingerprint density at radius 3 is 2.38 bits per heavy atom. The van der Waals surface area contributed by atoms with Gasteiger partial charge in [0.1, 0.15) is 6.04 Å². The van der Waals surface area contributed by atoms with Crippen LogP contribution in [-0.4, -0.2) is 23.0 Å². The van der Waals surface area contributed by atoms with Crippen LogP contribution in [0.25, 0.3) is 0 Å². The first-order chi connectivity index (χ1) is 5.99. The summed E-state index contributed by atoms with van der Waals surface area (Å²) >= 11 is 0. The molecule has 13 heavy (non-hydrogen) atoms. The number of hydrogen-bond acceptors (Lipinski definition) is 2. The van der Waals surface area contributed by atoms with Gasteiger partial charge in [0.2, 0.25) is 5.91 Å². The highest BCUT2D eigenvalue weighted by atomic mass is 16.4. The standard InChI is InChI=1S/C9H15NO3/c1-4-5-7(9(12)13)10-8(11)6(2)3/h4,6-7H,1,5H2,2-3H3,(H,10,11)(H,12,13)/t7-/m1/s1. The molecule has 0 bridgehead atoms. The molecule has 4 nitrogen and oxygen atoms in total. The number of hydrogen-bond donors (Lipinski definition) is 2. The summed E-state index contributed by atoms with van der Waals surface area (Å²) in [4.78, 5) is 21.7. The Balaban J connectivity index is 4.17. The zero-order valence-electron chi connectivity index (χ0n) is 7.91. The van der Waals surface area contributed by atoms with E-state index in [1.165, 1.54) is 6.08 Å². The Kier molecular flexibility index (Phi) is 4.80. The van der Waals surface area contributed by atoms with E-state index in [4.69, 9.17) is 5.11 Å². The molecular weight excluding hydrogens is 170 g/mol. The fraction of sp³-hybridized carbons (Fsp3) is 0.556. The maximum Gasteiger partial charge on any atom is 0.326 e. The van der Waals surface area contributed by atoms with Gasteiger partial charge in [0.25, 0.3) is 0 Å². The molecule has 2 N–H and O–H groups in total. The van der Waals surface area contributed by atoms with Crippen molar-refractivity contribution < 1.29 is 14.7 Å². The van der Waals surface area contributed by atoms with Crippen molar-refractivity contribution in [1.29, 1.82) is 0 Å². The SMILES string of the molecule is C=CC[C@@H](NC(=O)C(C)C)C(=O)O. The molecule has 0 aromatic heterocycles. The number of carboxylic acid groups (broad SMARTS) is 1. The number of carbonyl (C=O) groups is 2. The first kappa shape index (κ1) is 11.7. The van der Waals surface area contributed by atoms with Crippen LogP contribution in [-0.2, 0) is 9.59 Å². The summed E-state index contributed by atoms with van der Waals surface area (Å²) in [6.07, 6.45) is 1.72. The third-order valence-corrected chi connectivity index (χ3v) is 1.54. The van der Waals surface area contributed by atoms with Crippen LogP contribution in [0.15, 0.2) is 12.7 Å². The summed E-state index contributed by atoms with van der Waals surface area (Å²) in [5, 5.41) is 11.1. The molecular formula is C9H15NO3. The Bertz CT molecular complexity index is 211. The van der Waals surface area contributed by atoms with Gasteiger partial charge in [-0.15, -0.1) is 6.58 Å². The van der Waals surface area contributed by atoms with E-state index < -0.39 is 12.0 Å². The lowest BCUT2D eigenvalue weighted by Gasteiger charge is -2.13. The molecule has 0 fully saturated rings. The Morgan fingerprint density at radius 2 is 2.08 bits per heavy atom. The molecule has 74 valence electrons. The van der Waals surface area contributed by atoms with Crippen LogP contribution in [0.4, 0.5) is 0 Å². The van der Waals surface area contributed by atoms with Crippen LogP contribution in [0.3, 0.4) is 0 Å². The maximum absolute atomic E-state index is 11.1. The molecule has 1 atom stereocenters. The molecule has 0 aromatic carbocycles. The third-order valence-electron chi connectivity index (χ3n) is 1.54. The van der Waals surface area contributed by atoms with E-state index in [9.17, 15) is 9.59 Å². The molecule has 1 amide bonds. The molecule has 0 aliphatic rings. The monoisotopic (exact) mass is 185 g/mol. The average Bonchev–Trinajstić information content (AvgIpc) is 2.03. The second kappa shape index (κ2) is 5.35. The van der Waals surface area contributed by atoms with Crippen molar-refractivity contribution in [1.82, 2.24) is 5.32 Å². The number of carbonyl (C=O) groups excluding carboxylic acids is 1. The summed E-state index contributed by atoms with van der Waals surface area (Å²) in [5.41, 5.74) is 0. The summed E-state index contributed by atoms with van der Waals surface area (Å²) in [5.74, 6) is -1.49. The lowest BCUT2D eigenvalue weighted by atomic mass is 10.1. The first-order valence-electron chi connectivity index (χ1n) is 4.13. The Hall–Kier alpha value is -1.32. The van der Waals surface area contributed by atoms with Gasteiger partial charge in [0.15, 0.2) is 0 Å². The van der Waals surface area contributed by atoms with Gasteiger partial charge in [-0.25, -0.2) is 4.79 Å². The van der Waals surface area contributed by atoms with E-state index in [0.717, 1.165) is 0 Å². The van der Waals surface area contributed by atoms with E-state index in [1.807, 2.05) is 0 Å². The smallest absolute Gasteiger partial charge is 0.326 e. The number of rotatable bonds is 5. The fourth-order valence-corrected chi connectivity index (χ4v) is 0.727. The van der Waals surface area contributed by atoms with Gasteiger partial charge in [0.05, 0.1) is 0 Å². The predicted octanol–water partition coefficient (Wildman–Crippen LogP) is 0.788. The van der Waals surface area contributed by atoms with Crippen LogP contribution in [0.1, 0.15) is 20.3 Å². The van der Waals surface area contributed by atoms with Crippen molar-refractivity contribution >= 4 is 11.9 Å². The molecule has 0 aliphatic heterocycles. The lowest BCUT2D eigenvalue weighted by Crippen LogP contribution is -2.42. The van der Waals surface area contributed by atoms with Gasteiger partial charge in [-0.1, -0.05) is 19.9 Å². The number of nitrogens with one attached hydrogen (secondary N) is 1. The number of amides is 1. The van der Waals surface area contributed by atoms with E-state index in [0.29, 0.717) is 0 Å². The Morgan fingerprint density at radius 1 is 1.54 bits per heavy atom. The number of aliphatic carboxylic acids is 1. The Labute approximate surface area is 77.6 Å². The van der Waals surface area contributed by atoms with Gasteiger partial charge < -0.3 is 10.4 Å². The molecule has 0 heterocycles. The highest BCUT2D eigenvalue weighted by Crippen LogP contribution is 1.97. The molecule has 0 spiro atoms. The molecule has 0 saturated carbocycles. The van der Waals surface area contributed by atoms with E-state index in [1.54, 1.807) is 13.8 Å². The quantitative estimate of drug-likeness (QED) is 0.622. The van der Waals surface area contributed by atoms with Crippen molar-refractivity contribution in [3.05, 3.63) is 12.7 Å². The summed E-state index contributed by atoms with van der Waals surface area (Å²) in [6, 6.07) is -0.854. The van der Waals surface area contributed by atoms with Crippen LogP contribution in [0.5, 0.6) is 0 Å². The van der Waals surface area contributed by atoms with Crippen LogP contribution in [0.2, 0.25) is 0 Å². The van der Waals surface area contributed by atoms with E-state index in [-0.39, 0.29) is 18.2 Å². The minimum absolute atomic E-state index is 0.202. The zero-order chi connectivity index (χ0) is 10.4. The fourth-order valence-electron chi connectivity index (χ4n) is 0.727. The maximum atomic E-state index is 11.1. The topological polar surface area (TPSA) is 66.4 Å². The minimum Gasteiger partial charge on any atom is -0.480 e. The minimum atomic E-state index is -1.03. The second-order valence-electron chi connectivity index (χ2n) is 3.08. The summed E-state index contributed by atoms with van der Waals surface area (Å²) in [6.45, 7) is 6.84. The summed E-state index contributed by atoms with van der Waals surface area (Å²) in [7, 11) is 0. The molecule has 0 aromatic rings. The highest BCUT2D eigenvalue weighted by Gasteiger charge is 2.19. The highest BCUT2D eigenvalue weighted by molar-refractivity contribution is 5.84. The van der Waals surface area contributed by atoms with Gasteiger partial charge >= 0.3 is 5.97 Å². The van der Waals surface area contributed by atoms with Crippen molar-refractivity contribution in [3.63, 3.8) is 0 Å². The summed E-state index contributed by atoms with van der Waals surface area (Å²) < 4.78 is 0. The largest absolute Gasteiger partial charge is 0.480 e. The molecule has 0 radical (unpaired) electrons. The molecule has 0 unspecified atom stereocenters. The van der Waals surface area contributed by atoms with Crippen LogP contribution in [0, 0.1) is 5.92 Å². The van der Waals surface area contributed by atoms with Gasteiger partial charge in [-0.2, -0.15) is 0 Å². The van der Waals surface area contributed by atoms with E-state index >= 15 is 0 Å². The van der Waals surface area contributed by atoms with Gasteiger partial charge in [0, 0.05) is 5.92 Å². The second-order valence-corrected chi connectivity index (χ2v) is 3.08. The van der Waals surface area contributed by atoms with Gasteiger partial charge in [-0.3, -0.25) is 4.79 Å². The average molecular weight is 185 g/mol. The van der Waals surface area contributed by atoms with Crippen molar-refractivity contribution in [2.45, 2.75) is 26.3 Å². The van der Waals surface area contributed by atoms with E-state index in [2.05, 4.69) is 11.9 Å². The van der Waals surface area contributed by atoms with Crippen molar-refractivity contribution in [2.24, 2.45) is 5.92 Å². The molecule has 0 rings (SSSR count). The lowest BCUT2D eigenvalue weighted by molar-refractivity contribution is -0.142. The van der Waals surface area contributed by atoms with Gasteiger partial charge in [-0.05, 0) is 6.42 Å². The molecule has 0 aliphatic carbocycles. The van der Waals surface area contributed by atoms with Crippen molar-refractivity contribution in [2.75, 3.05) is 0 Å². The van der Waals surface area contributed by atoms with Crippen molar-refractivity contribution in [3.8, 4) is 0 Å². The number of carboxylic acids is 1. The predicted molar refractivity (Wildman–Crippen MR) is 49.2 cm³/mol. The first-order valence-corrected chi connectivity index (χ1v) is 4.13. The normalized spacial score (nSPS) is 12.2. The zero-order valence-corrected chi connectivity index (χ0v) is 7.91. The molecule has 0 saturated heterocycles. The van der Waals surface area contributed by atoms with Crippen LogP contribution >= 0.6 is 0 Å². The van der Waals surface area contributed by atoms with Crippen LogP contribution < -0.4 is 5.32 Å². The third kappa shape index (κ3) is 4.30.